The molecule has 0 radical (unpaired) electrons. The van der Waals surface area contributed by atoms with Crippen LogP contribution in [0.25, 0.3) is 0 Å². The molecule has 4 heteroatoms. The maximum Gasteiger partial charge on any atom is 0.321 e. The molecule has 128 valence electrons. The number of anilines is 1. The van der Waals surface area contributed by atoms with E-state index in [1.807, 2.05) is 43.3 Å². The van der Waals surface area contributed by atoms with Gasteiger partial charge in [-0.2, -0.15) is 0 Å². The van der Waals surface area contributed by atoms with Crippen molar-refractivity contribution in [3.8, 4) is 5.75 Å². The van der Waals surface area contributed by atoms with E-state index in [4.69, 9.17) is 4.74 Å². The third kappa shape index (κ3) is 5.61. The Morgan fingerprint density at radius 2 is 1.75 bits per heavy atom. The number of rotatable bonds is 7. The Morgan fingerprint density at radius 3 is 2.38 bits per heavy atom. The highest BCUT2D eigenvalue weighted by molar-refractivity contribution is 5.89. The summed E-state index contributed by atoms with van der Waals surface area (Å²) in [6.45, 7) is 5.18. The summed E-state index contributed by atoms with van der Waals surface area (Å²) in [6.07, 6.45) is 2.18. The van der Waals surface area contributed by atoms with Crippen LogP contribution in [0.15, 0.2) is 48.5 Å². The standard InChI is InChI=1S/C20H26N2O2/c1-4-5-17-8-10-18(11-9-17)21-20(23)22(3)14-15-24-19-12-6-16(2)7-13-19/h6-13H,4-5,14-15H2,1-3H3,(H,21,23). The molecule has 0 aliphatic rings. The molecule has 2 amide bonds. The Kier molecular flexibility index (Phi) is 6.67. The van der Waals surface area contributed by atoms with Crippen LogP contribution in [0.1, 0.15) is 24.5 Å². The van der Waals surface area contributed by atoms with E-state index < -0.39 is 0 Å². The van der Waals surface area contributed by atoms with Gasteiger partial charge in [-0.05, 0) is 43.2 Å². The van der Waals surface area contributed by atoms with Crippen LogP contribution in [-0.4, -0.2) is 31.1 Å². The molecular weight excluding hydrogens is 300 g/mol. The number of urea groups is 1. The summed E-state index contributed by atoms with van der Waals surface area (Å²) in [6, 6.07) is 15.8. The lowest BCUT2D eigenvalue weighted by Crippen LogP contribution is -2.34. The van der Waals surface area contributed by atoms with Gasteiger partial charge in [-0.25, -0.2) is 4.79 Å². The molecule has 0 aromatic heterocycles. The van der Waals surface area contributed by atoms with E-state index in [2.05, 4.69) is 24.4 Å². The molecule has 24 heavy (non-hydrogen) atoms. The van der Waals surface area contributed by atoms with Crippen LogP contribution in [-0.2, 0) is 6.42 Å². The average Bonchev–Trinajstić information content (AvgIpc) is 2.58. The SMILES string of the molecule is CCCc1ccc(NC(=O)N(C)CCOc2ccc(C)cc2)cc1. The molecule has 0 fully saturated rings. The van der Waals surface area contributed by atoms with Crippen molar-refractivity contribution in [3.63, 3.8) is 0 Å². The van der Waals surface area contributed by atoms with Crippen LogP contribution >= 0.6 is 0 Å². The smallest absolute Gasteiger partial charge is 0.321 e. The van der Waals surface area contributed by atoms with Gasteiger partial charge in [0.2, 0.25) is 0 Å². The van der Waals surface area contributed by atoms with Crippen LogP contribution < -0.4 is 10.1 Å². The number of benzene rings is 2. The van der Waals surface area contributed by atoms with Gasteiger partial charge in [-0.3, -0.25) is 0 Å². The lowest BCUT2D eigenvalue weighted by molar-refractivity contribution is 0.207. The first kappa shape index (κ1) is 17.9. The lowest BCUT2D eigenvalue weighted by atomic mass is 10.1. The number of amides is 2. The quantitative estimate of drug-likeness (QED) is 0.814. The summed E-state index contributed by atoms with van der Waals surface area (Å²) in [5, 5.41) is 2.90. The van der Waals surface area contributed by atoms with Gasteiger partial charge in [0.05, 0.1) is 6.54 Å². The highest BCUT2D eigenvalue weighted by Crippen LogP contribution is 2.13. The summed E-state index contributed by atoms with van der Waals surface area (Å²) in [5.41, 5.74) is 3.30. The first-order valence-electron chi connectivity index (χ1n) is 8.39. The highest BCUT2D eigenvalue weighted by Gasteiger charge is 2.08. The van der Waals surface area contributed by atoms with Gasteiger partial charge in [0, 0.05) is 12.7 Å². The molecule has 0 bridgehead atoms. The third-order valence-electron chi connectivity index (χ3n) is 3.81. The summed E-state index contributed by atoms with van der Waals surface area (Å²) >= 11 is 0. The lowest BCUT2D eigenvalue weighted by Gasteiger charge is -2.18. The minimum atomic E-state index is -0.134. The molecule has 0 aliphatic heterocycles. The molecule has 2 aromatic rings. The maximum absolute atomic E-state index is 12.2. The Labute approximate surface area is 144 Å². The number of nitrogens with one attached hydrogen (secondary N) is 1. The Balaban J connectivity index is 1.76. The number of carbonyl (C=O) groups excluding carboxylic acids is 1. The molecule has 0 saturated carbocycles. The highest BCUT2D eigenvalue weighted by atomic mass is 16.5. The number of aryl methyl sites for hydroxylation is 2. The zero-order valence-corrected chi connectivity index (χ0v) is 14.7. The second-order valence-electron chi connectivity index (χ2n) is 5.96. The van der Waals surface area contributed by atoms with Gasteiger partial charge in [0.1, 0.15) is 12.4 Å². The van der Waals surface area contributed by atoms with Crippen LogP contribution in [0.4, 0.5) is 10.5 Å². The molecule has 2 aromatic carbocycles. The predicted molar refractivity (Wildman–Crippen MR) is 98.8 cm³/mol. The number of likely N-dealkylation sites (N-methyl/N-ethyl adjacent to an activating group) is 1. The topological polar surface area (TPSA) is 41.6 Å². The fraction of sp³-hybridized carbons (Fsp3) is 0.350. The van der Waals surface area contributed by atoms with Gasteiger partial charge in [0.25, 0.3) is 0 Å². The van der Waals surface area contributed by atoms with Gasteiger partial charge >= 0.3 is 6.03 Å². The van der Waals surface area contributed by atoms with E-state index >= 15 is 0 Å². The van der Waals surface area contributed by atoms with Crippen molar-refractivity contribution in [2.45, 2.75) is 26.7 Å². The number of nitrogens with zero attached hydrogens (tertiary/aromatic N) is 1. The van der Waals surface area contributed by atoms with E-state index in [9.17, 15) is 4.79 Å². The van der Waals surface area contributed by atoms with Gasteiger partial charge in [-0.1, -0.05) is 43.2 Å². The predicted octanol–water partition coefficient (Wildman–Crippen LogP) is 4.49. The molecule has 4 nitrogen and oxygen atoms in total. The third-order valence-corrected chi connectivity index (χ3v) is 3.81. The molecular formula is C20H26N2O2. The number of ether oxygens (including phenoxy) is 1. The summed E-state index contributed by atoms with van der Waals surface area (Å²) < 4.78 is 5.65. The maximum atomic E-state index is 12.2. The Morgan fingerprint density at radius 1 is 1.08 bits per heavy atom. The summed E-state index contributed by atoms with van der Waals surface area (Å²) in [7, 11) is 1.76. The van der Waals surface area contributed by atoms with Crippen molar-refractivity contribution in [1.82, 2.24) is 4.90 Å². The van der Waals surface area contributed by atoms with Crippen molar-refractivity contribution in [2.75, 3.05) is 25.5 Å². The van der Waals surface area contributed by atoms with E-state index in [0.29, 0.717) is 13.2 Å². The monoisotopic (exact) mass is 326 g/mol. The molecule has 0 unspecified atom stereocenters. The number of hydrogen-bond acceptors (Lipinski definition) is 2. The first-order chi connectivity index (χ1) is 11.6. The van der Waals surface area contributed by atoms with Crippen molar-refractivity contribution in [2.24, 2.45) is 0 Å². The summed E-state index contributed by atoms with van der Waals surface area (Å²) in [4.78, 5) is 13.8. The van der Waals surface area contributed by atoms with E-state index in [-0.39, 0.29) is 6.03 Å². The van der Waals surface area contributed by atoms with Crippen LogP contribution in [0.2, 0.25) is 0 Å². The molecule has 0 aliphatic carbocycles. The molecule has 0 saturated heterocycles. The first-order valence-corrected chi connectivity index (χ1v) is 8.39. The Bertz CT molecular complexity index is 636. The molecule has 1 N–H and O–H groups in total. The Hall–Kier alpha value is -2.49. The second kappa shape index (κ2) is 8.96. The fourth-order valence-corrected chi connectivity index (χ4v) is 2.30. The van der Waals surface area contributed by atoms with E-state index in [1.54, 1.807) is 11.9 Å². The van der Waals surface area contributed by atoms with Gasteiger partial charge < -0.3 is 15.0 Å². The van der Waals surface area contributed by atoms with Gasteiger partial charge in [0.15, 0.2) is 0 Å². The summed E-state index contributed by atoms with van der Waals surface area (Å²) in [5.74, 6) is 0.820. The zero-order chi connectivity index (χ0) is 17.4. The molecule has 0 heterocycles. The van der Waals surface area contributed by atoms with E-state index in [0.717, 1.165) is 24.3 Å². The number of carbonyl (C=O) groups is 1. The molecule has 2 rings (SSSR count). The van der Waals surface area contributed by atoms with E-state index in [1.165, 1.54) is 11.1 Å². The normalized spacial score (nSPS) is 10.3. The minimum Gasteiger partial charge on any atom is -0.492 e. The second-order valence-corrected chi connectivity index (χ2v) is 5.96. The minimum absolute atomic E-state index is 0.134. The van der Waals surface area contributed by atoms with Crippen molar-refractivity contribution in [3.05, 3.63) is 59.7 Å². The van der Waals surface area contributed by atoms with Crippen molar-refractivity contribution >= 4 is 11.7 Å². The number of hydrogen-bond donors (Lipinski definition) is 1. The van der Waals surface area contributed by atoms with Crippen LogP contribution in [0.3, 0.4) is 0 Å². The van der Waals surface area contributed by atoms with Gasteiger partial charge in [-0.15, -0.1) is 0 Å². The van der Waals surface area contributed by atoms with Crippen molar-refractivity contribution in [1.29, 1.82) is 0 Å². The largest absolute Gasteiger partial charge is 0.492 e. The van der Waals surface area contributed by atoms with Crippen LogP contribution in [0.5, 0.6) is 5.75 Å². The van der Waals surface area contributed by atoms with Crippen LogP contribution in [0, 0.1) is 6.92 Å². The molecule has 0 atom stereocenters. The molecule has 0 spiro atoms. The average molecular weight is 326 g/mol. The zero-order valence-electron chi connectivity index (χ0n) is 14.7. The van der Waals surface area contributed by atoms with Crippen molar-refractivity contribution < 1.29 is 9.53 Å². The fourth-order valence-electron chi connectivity index (χ4n) is 2.30.